The van der Waals surface area contributed by atoms with Crippen molar-refractivity contribution in [2.24, 2.45) is 0 Å². The summed E-state index contributed by atoms with van der Waals surface area (Å²) in [5.74, 6) is -1.08. The van der Waals surface area contributed by atoms with E-state index in [2.05, 4.69) is 5.32 Å². The second kappa shape index (κ2) is 6.38. The number of benzene rings is 2. The SMILES string of the molecule is CB(C)c1cc(F)cc(NC(=O)c2ccc(C3CC3)cc2F)c1C. The molecule has 0 atom stereocenters. The molecular weight excluding hydrogens is 307 g/mol. The zero-order chi connectivity index (χ0) is 17.4. The molecule has 1 aliphatic rings. The summed E-state index contributed by atoms with van der Waals surface area (Å²) in [5.41, 5.74) is 2.93. The maximum Gasteiger partial charge on any atom is 0.258 e. The van der Waals surface area contributed by atoms with E-state index in [1.165, 1.54) is 24.3 Å². The molecule has 1 N–H and O–H groups in total. The van der Waals surface area contributed by atoms with Crippen molar-refractivity contribution >= 4 is 23.8 Å². The normalized spacial score (nSPS) is 13.7. The lowest BCUT2D eigenvalue weighted by molar-refractivity contribution is 0.102. The third kappa shape index (κ3) is 3.35. The van der Waals surface area contributed by atoms with Crippen LogP contribution in [0.15, 0.2) is 30.3 Å². The number of halogens is 2. The van der Waals surface area contributed by atoms with E-state index < -0.39 is 17.5 Å². The van der Waals surface area contributed by atoms with Crippen molar-refractivity contribution in [1.82, 2.24) is 0 Å². The van der Waals surface area contributed by atoms with Crippen LogP contribution >= 0.6 is 0 Å². The molecule has 1 aliphatic carbocycles. The number of hydrogen-bond donors (Lipinski definition) is 1. The number of anilines is 1. The predicted molar refractivity (Wildman–Crippen MR) is 94.6 cm³/mol. The fourth-order valence-electron chi connectivity index (χ4n) is 3.01. The first-order valence-electron chi connectivity index (χ1n) is 8.27. The molecule has 2 nitrogen and oxygen atoms in total. The van der Waals surface area contributed by atoms with Crippen molar-refractivity contribution in [3.05, 3.63) is 58.7 Å². The molecule has 1 amide bonds. The van der Waals surface area contributed by atoms with E-state index in [-0.39, 0.29) is 12.3 Å². The zero-order valence-corrected chi connectivity index (χ0v) is 14.1. The molecule has 124 valence electrons. The highest BCUT2D eigenvalue weighted by Gasteiger charge is 2.25. The molecule has 0 radical (unpaired) electrons. The Morgan fingerprint density at radius 3 is 2.46 bits per heavy atom. The highest BCUT2D eigenvalue weighted by molar-refractivity contribution is 6.71. The Morgan fingerprint density at radius 1 is 1.17 bits per heavy atom. The average molecular weight is 327 g/mol. The molecule has 1 saturated carbocycles. The lowest BCUT2D eigenvalue weighted by Gasteiger charge is -2.15. The van der Waals surface area contributed by atoms with E-state index in [4.69, 9.17) is 0 Å². The molecule has 0 bridgehead atoms. The summed E-state index contributed by atoms with van der Waals surface area (Å²) in [6.07, 6.45) is 2.15. The second-order valence-electron chi connectivity index (χ2n) is 6.79. The molecule has 0 aliphatic heterocycles. The number of rotatable bonds is 4. The van der Waals surface area contributed by atoms with Crippen molar-refractivity contribution in [2.45, 2.75) is 39.3 Å². The third-order valence-corrected chi connectivity index (χ3v) is 4.57. The molecule has 2 aromatic carbocycles. The zero-order valence-electron chi connectivity index (χ0n) is 14.1. The number of carbonyl (C=O) groups excluding carboxylic acids is 1. The Balaban J connectivity index is 1.87. The standard InChI is InChI=1S/C19H20BF2NO/c1-11-16(20(2)3)9-14(21)10-18(11)23-19(24)15-7-6-13(8-17(15)22)12-4-5-12/h6-10,12H,4-5H2,1-3H3,(H,23,24). The van der Waals surface area contributed by atoms with Gasteiger partial charge in [-0.25, -0.2) is 8.78 Å². The molecule has 0 spiro atoms. The maximum atomic E-state index is 14.2. The smallest absolute Gasteiger partial charge is 0.258 e. The fourth-order valence-corrected chi connectivity index (χ4v) is 3.01. The summed E-state index contributed by atoms with van der Waals surface area (Å²) < 4.78 is 28.1. The van der Waals surface area contributed by atoms with Crippen LogP contribution in [-0.4, -0.2) is 12.6 Å². The van der Waals surface area contributed by atoms with Crippen molar-refractivity contribution in [1.29, 1.82) is 0 Å². The van der Waals surface area contributed by atoms with Crippen molar-refractivity contribution in [2.75, 3.05) is 5.32 Å². The monoisotopic (exact) mass is 327 g/mol. The molecule has 0 unspecified atom stereocenters. The second-order valence-corrected chi connectivity index (χ2v) is 6.79. The highest BCUT2D eigenvalue weighted by atomic mass is 19.1. The summed E-state index contributed by atoms with van der Waals surface area (Å²) in [5, 5.41) is 2.65. The van der Waals surface area contributed by atoms with Gasteiger partial charge in [-0.3, -0.25) is 4.79 Å². The molecular formula is C19H20BF2NO. The molecule has 24 heavy (non-hydrogen) atoms. The van der Waals surface area contributed by atoms with Crippen LogP contribution in [0, 0.1) is 18.6 Å². The minimum Gasteiger partial charge on any atom is -0.322 e. The first kappa shape index (κ1) is 16.7. The van der Waals surface area contributed by atoms with Crippen LogP contribution in [0.3, 0.4) is 0 Å². The van der Waals surface area contributed by atoms with Gasteiger partial charge in [0.2, 0.25) is 0 Å². The van der Waals surface area contributed by atoms with E-state index in [1.54, 1.807) is 6.07 Å². The predicted octanol–water partition coefficient (Wildman–Crippen LogP) is 4.36. The molecule has 2 aromatic rings. The minimum atomic E-state index is -0.557. The van der Waals surface area contributed by atoms with Gasteiger partial charge in [-0.1, -0.05) is 25.2 Å². The quantitative estimate of drug-likeness (QED) is 0.831. The molecule has 0 aromatic heterocycles. The summed E-state index contributed by atoms with van der Waals surface area (Å²) in [6, 6.07) is 7.49. The van der Waals surface area contributed by atoms with Gasteiger partial charge in [-0.05, 0) is 61.1 Å². The number of hydrogen-bond acceptors (Lipinski definition) is 1. The van der Waals surface area contributed by atoms with Crippen molar-refractivity contribution in [3.8, 4) is 0 Å². The van der Waals surface area contributed by atoms with E-state index in [0.717, 1.165) is 29.4 Å². The lowest BCUT2D eigenvalue weighted by Crippen LogP contribution is -2.28. The van der Waals surface area contributed by atoms with Gasteiger partial charge in [0, 0.05) is 5.69 Å². The summed E-state index contributed by atoms with van der Waals surface area (Å²) >= 11 is 0. The Hall–Kier alpha value is -2.17. The van der Waals surface area contributed by atoms with Crippen molar-refractivity contribution < 1.29 is 13.6 Å². The van der Waals surface area contributed by atoms with Gasteiger partial charge in [-0.2, -0.15) is 0 Å². The topological polar surface area (TPSA) is 29.1 Å². The summed E-state index contributed by atoms with van der Waals surface area (Å²) in [4.78, 5) is 12.4. The van der Waals surface area contributed by atoms with Gasteiger partial charge in [0.05, 0.1) is 5.56 Å². The number of nitrogens with one attached hydrogen (secondary N) is 1. The van der Waals surface area contributed by atoms with E-state index in [0.29, 0.717) is 11.6 Å². The molecule has 0 heterocycles. The van der Waals surface area contributed by atoms with Gasteiger partial charge in [-0.15, -0.1) is 0 Å². The van der Waals surface area contributed by atoms with Gasteiger partial charge >= 0.3 is 0 Å². The summed E-state index contributed by atoms with van der Waals surface area (Å²) in [6.45, 7) is 5.88. The van der Waals surface area contributed by atoms with Crippen LogP contribution in [0.2, 0.25) is 13.6 Å². The van der Waals surface area contributed by atoms with E-state index in [9.17, 15) is 13.6 Å². The fraction of sp³-hybridized carbons (Fsp3) is 0.316. The molecule has 1 fully saturated rings. The first-order valence-corrected chi connectivity index (χ1v) is 8.27. The molecule has 0 saturated heterocycles. The van der Waals surface area contributed by atoms with E-state index >= 15 is 0 Å². The van der Waals surface area contributed by atoms with E-state index in [1.807, 2.05) is 20.6 Å². The minimum absolute atomic E-state index is 0.0193. The third-order valence-electron chi connectivity index (χ3n) is 4.57. The van der Waals surface area contributed by atoms with Crippen LogP contribution in [-0.2, 0) is 0 Å². The van der Waals surface area contributed by atoms with Crippen LogP contribution < -0.4 is 10.8 Å². The van der Waals surface area contributed by atoms with Gasteiger partial charge in [0.25, 0.3) is 5.91 Å². The Kier molecular flexibility index (Phi) is 4.44. The first-order chi connectivity index (χ1) is 11.4. The number of amides is 1. The lowest BCUT2D eigenvalue weighted by atomic mass is 9.48. The maximum absolute atomic E-state index is 14.2. The van der Waals surface area contributed by atoms with Gasteiger partial charge in [0.1, 0.15) is 11.6 Å². The Morgan fingerprint density at radius 2 is 1.88 bits per heavy atom. The Bertz CT molecular complexity index is 800. The summed E-state index contributed by atoms with van der Waals surface area (Å²) in [7, 11) is 0. The van der Waals surface area contributed by atoms with Crippen LogP contribution in [0.5, 0.6) is 0 Å². The van der Waals surface area contributed by atoms with Crippen LogP contribution in [0.25, 0.3) is 0 Å². The molecule has 3 rings (SSSR count). The average Bonchev–Trinajstić information content (AvgIpc) is 3.34. The largest absolute Gasteiger partial charge is 0.322 e. The van der Waals surface area contributed by atoms with Crippen LogP contribution in [0.1, 0.15) is 40.2 Å². The van der Waals surface area contributed by atoms with Crippen LogP contribution in [0.4, 0.5) is 14.5 Å². The molecule has 5 heteroatoms. The van der Waals surface area contributed by atoms with Gasteiger partial charge in [0.15, 0.2) is 6.71 Å². The van der Waals surface area contributed by atoms with Crippen molar-refractivity contribution in [3.63, 3.8) is 0 Å². The van der Waals surface area contributed by atoms with Gasteiger partial charge < -0.3 is 5.32 Å². The highest BCUT2D eigenvalue weighted by Crippen LogP contribution is 2.40. The number of carbonyl (C=O) groups is 1. The Labute approximate surface area is 141 Å².